The van der Waals surface area contributed by atoms with Gasteiger partial charge in [-0.25, -0.2) is 0 Å². The maximum absolute atomic E-state index is 2.31. The summed E-state index contributed by atoms with van der Waals surface area (Å²) in [6.07, 6.45) is 1.25. The molecular weight excluding hydrogens is 176 g/mol. The maximum Gasteiger partial charge on any atom is 0.00747 e. The summed E-state index contributed by atoms with van der Waals surface area (Å²) in [6.45, 7) is 6.70. The van der Waals surface area contributed by atoms with Crippen LogP contribution in [0.3, 0.4) is 0 Å². The van der Waals surface area contributed by atoms with E-state index in [1.165, 1.54) is 22.6 Å². The van der Waals surface area contributed by atoms with Gasteiger partial charge in [0.05, 0.1) is 0 Å². The summed E-state index contributed by atoms with van der Waals surface area (Å²) < 4.78 is 0. The highest BCUT2D eigenvalue weighted by molar-refractivity contribution is 7.99. The first-order valence-corrected chi connectivity index (χ1v) is 5.95. The van der Waals surface area contributed by atoms with E-state index in [2.05, 4.69) is 45.0 Å². The quantitative estimate of drug-likeness (QED) is 0.643. The Morgan fingerprint density at radius 1 is 1.31 bits per heavy atom. The minimum atomic E-state index is 0.641. The predicted molar refractivity (Wildman–Crippen MR) is 61.5 cm³/mol. The van der Waals surface area contributed by atoms with Crippen LogP contribution < -0.4 is 0 Å². The monoisotopic (exact) mass is 194 g/mol. The van der Waals surface area contributed by atoms with Gasteiger partial charge in [-0.3, -0.25) is 0 Å². The fourth-order valence-electron chi connectivity index (χ4n) is 1.18. The van der Waals surface area contributed by atoms with Crippen LogP contribution in [-0.4, -0.2) is 5.75 Å². The van der Waals surface area contributed by atoms with Crippen molar-refractivity contribution in [2.45, 2.75) is 38.0 Å². The van der Waals surface area contributed by atoms with Gasteiger partial charge in [-0.2, -0.15) is 0 Å². The van der Waals surface area contributed by atoms with E-state index in [0.29, 0.717) is 5.92 Å². The van der Waals surface area contributed by atoms with E-state index in [0.717, 1.165) is 0 Å². The molecule has 0 fully saturated rings. The van der Waals surface area contributed by atoms with E-state index in [-0.39, 0.29) is 0 Å². The topological polar surface area (TPSA) is 0 Å². The van der Waals surface area contributed by atoms with Crippen LogP contribution in [0.1, 0.15) is 38.7 Å². The van der Waals surface area contributed by atoms with E-state index < -0.39 is 0 Å². The van der Waals surface area contributed by atoms with Crippen LogP contribution in [0.4, 0.5) is 0 Å². The second-order valence-electron chi connectivity index (χ2n) is 3.58. The van der Waals surface area contributed by atoms with Gasteiger partial charge in [0, 0.05) is 4.90 Å². The minimum Gasteiger partial charge on any atom is -0.126 e. The van der Waals surface area contributed by atoms with Gasteiger partial charge in [0.1, 0.15) is 0 Å². The Hall–Kier alpha value is -0.430. The molecule has 0 aliphatic heterocycles. The summed E-state index contributed by atoms with van der Waals surface area (Å²) >= 11 is 1.95. The molecule has 1 aromatic carbocycles. The van der Waals surface area contributed by atoms with E-state index >= 15 is 0 Å². The lowest BCUT2D eigenvalue weighted by atomic mass is 10.0. The molecular formula is C12H18S. The molecule has 72 valence electrons. The summed E-state index contributed by atoms with van der Waals surface area (Å²) in [6, 6.07) is 8.88. The van der Waals surface area contributed by atoms with Crippen molar-refractivity contribution in [1.29, 1.82) is 0 Å². The summed E-state index contributed by atoms with van der Waals surface area (Å²) in [5.74, 6) is 1.86. The largest absolute Gasteiger partial charge is 0.126 e. The lowest BCUT2D eigenvalue weighted by Crippen LogP contribution is -1.86. The molecule has 0 amide bonds. The van der Waals surface area contributed by atoms with Crippen LogP contribution in [-0.2, 0) is 0 Å². The van der Waals surface area contributed by atoms with Crippen LogP contribution in [0.25, 0.3) is 0 Å². The first-order valence-electron chi connectivity index (χ1n) is 4.96. The molecule has 0 atom stereocenters. The van der Waals surface area contributed by atoms with Gasteiger partial charge in [0.15, 0.2) is 0 Å². The number of hydrogen-bond donors (Lipinski definition) is 0. The molecule has 1 aromatic rings. The summed E-state index contributed by atoms with van der Waals surface area (Å²) in [5.41, 5.74) is 1.45. The number of rotatable bonds is 4. The third kappa shape index (κ3) is 3.43. The second kappa shape index (κ2) is 5.33. The highest BCUT2D eigenvalue weighted by Crippen LogP contribution is 2.23. The SMILES string of the molecule is CCCSc1cccc(C(C)C)c1. The Morgan fingerprint density at radius 2 is 2.08 bits per heavy atom. The number of hydrogen-bond acceptors (Lipinski definition) is 1. The zero-order valence-electron chi connectivity index (χ0n) is 8.71. The third-order valence-electron chi connectivity index (χ3n) is 2.00. The molecule has 0 radical (unpaired) electrons. The summed E-state index contributed by atoms with van der Waals surface area (Å²) in [4.78, 5) is 1.41. The number of benzene rings is 1. The highest BCUT2D eigenvalue weighted by Gasteiger charge is 1.99. The Kier molecular flexibility index (Phi) is 4.37. The molecule has 0 saturated heterocycles. The molecule has 1 rings (SSSR count). The molecule has 0 N–H and O–H groups in total. The van der Waals surface area contributed by atoms with Crippen molar-refractivity contribution in [2.75, 3.05) is 5.75 Å². The molecule has 0 unspecified atom stereocenters. The van der Waals surface area contributed by atoms with Crippen LogP contribution in [0.15, 0.2) is 29.2 Å². The van der Waals surface area contributed by atoms with Gasteiger partial charge in [-0.1, -0.05) is 32.9 Å². The second-order valence-corrected chi connectivity index (χ2v) is 4.74. The van der Waals surface area contributed by atoms with Crippen LogP contribution in [0, 0.1) is 0 Å². The van der Waals surface area contributed by atoms with Crippen LogP contribution in [0.2, 0.25) is 0 Å². The lowest BCUT2D eigenvalue weighted by molar-refractivity contribution is 0.862. The molecule has 0 bridgehead atoms. The van der Waals surface area contributed by atoms with Crippen LogP contribution >= 0.6 is 11.8 Å². The van der Waals surface area contributed by atoms with Gasteiger partial charge in [-0.05, 0) is 35.8 Å². The standard InChI is InChI=1S/C12H18S/c1-4-8-13-12-7-5-6-11(9-12)10(2)3/h5-7,9-10H,4,8H2,1-3H3. The van der Waals surface area contributed by atoms with E-state index in [9.17, 15) is 0 Å². The molecule has 0 heterocycles. The zero-order chi connectivity index (χ0) is 9.68. The fraction of sp³-hybridized carbons (Fsp3) is 0.500. The highest BCUT2D eigenvalue weighted by atomic mass is 32.2. The first-order chi connectivity index (χ1) is 6.24. The predicted octanol–water partition coefficient (Wildman–Crippen LogP) is 4.31. The fourth-order valence-corrected chi connectivity index (χ4v) is 2.02. The average Bonchev–Trinajstić information content (AvgIpc) is 2.15. The molecule has 0 saturated carbocycles. The molecule has 0 aliphatic carbocycles. The summed E-state index contributed by atoms with van der Waals surface area (Å²) in [5, 5.41) is 0. The van der Waals surface area contributed by atoms with Crippen molar-refractivity contribution in [3.63, 3.8) is 0 Å². The van der Waals surface area contributed by atoms with E-state index in [1.807, 2.05) is 11.8 Å². The first kappa shape index (κ1) is 10.6. The lowest BCUT2D eigenvalue weighted by Gasteiger charge is -2.07. The maximum atomic E-state index is 2.31. The smallest absolute Gasteiger partial charge is 0.00747 e. The Bertz CT molecular complexity index is 253. The van der Waals surface area contributed by atoms with Crippen LogP contribution in [0.5, 0.6) is 0 Å². The Balaban J connectivity index is 2.68. The average molecular weight is 194 g/mol. The van der Waals surface area contributed by atoms with Gasteiger partial charge in [-0.15, -0.1) is 11.8 Å². The molecule has 0 nitrogen and oxygen atoms in total. The Morgan fingerprint density at radius 3 is 2.69 bits per heavy atom. The van der Waals surface area contributed by atoms with Gasteiger partial charge >= 0.3 is 0 Å². The molecule has 1 heteroatoms. The third-order valence-corrected chi connectivity index (χ3v) is 3.20. The number of thioether (sulfide) groups is 1. The van der Waals surface area contributed by atoms with Crippen molar-refractivity contribution in [2.24, 2.45) is 0 Å². The van der Waals surface area contributed by atoms with Crippen molar-refractivity contribution < 1.29 is 0 Å². The van der Waals surface area contributed by atoms with Crippen molar-refractivity contribution in [3.05, 3.63) is 29.8 Å². The van der Waals surface area contributed by atoms with Crippen molar-refractivity contribution in [3.8, 4) is 0 Å². The van der Waals surface area contributed by atoms with Crippen molar-refractivity contribution in [1.82, 2.24) is 0 Å². The van der Waals surface area contributed by atoms with Crippen molar-refractivity contribution >= 4 is 11.8 Å². The minimum absolute atomic E-state index is 0.641. The Labute approximate surface area is 85.7 Å². The van der Waals surface area contributed by atoms with E-state index in [1.54, 1.807) is 0 Å². The molecule has 0 aliphatic rings. The summed E-state index contributed by atoms with van der Waals surface area (Å²) in [7, 11) is 0. The van der Waals surface area contributed by atoms with E-state index in [4.69, 9.17) is 0 Å². The van der Waals surface area contributed by atoms with Gasteiger partial charge < -0.3 is 0 Å². The molecule has 0 spiro atoms. The normalized spacial score (nSPS) is 10.8. The molecule has 13 heavy (non-hydrogen) atoms. The molecule has 0 aromatic heterocycles. The zero-order valence-corrected chi connectivity index (χ0v) is 9.53. The van der Waals surface area contributed by atoms with Gasteiger partial charge in [0.25, 0.3) is 0 Å². The van der Waals surface area contributed by atoms with Gasteiger partial charge in [0.2, 0.25) is 0 Å².